The first-order valence-corrected chi connectivity index (χ1v) is 6.68. The molecule has 0 bridgehead atoms. The average molecular weight is 253 g/mol. The quantitative estimate of drug-likeness (QED) is 0.889. The van der Waals surface area contributed by atoms with Crippen molar-refractivity contribution in [2.45, 2.75) is 30.7 Å². The van der Waals surface area contributed by atoms with Crippen molar-refractivity contribution in [2.75, 3.05) is 6.54 Å². The second kappa shape index (κ2) is 4.98. The molecule has 0 aromatic heterocycles. The summed E-state index contributed by atoms with van der Waals surface area (Å²) in [5, 5.41) is 9.05. The molecule has 5 heteroatoms. The summed E-state index contributed by atoms with van der Waals surface area (Å²) in [5.74, 6) is -0.886. The minimum absolute atomic E-state index is 0.576. The van der Waals surface area contributed by atoms with Crippen molar-refractivity contribution < 1.29 is 14.1 Å². The first kappa shape index (κ1) is 12.3. The van der Waals surface area contributed by atoms with E-state index in [1.807, 2.05) is 19.1 Å². The normalized spacial score (nSPS) is 22.5. The molecule has 0 saturated carbocycles. The number of aliphatic carboxylic acids is 1. The van der Waals surface area contributed by atoms with Gasteiger partial charge in [0.15, 0.2) is 0 Å². The minimum Gasteiger partial charge on any atom is -0.480 e. The number of hydrogen-bond acceptors (Lipinski definition) is 2. The van der Waals surface area contributed by atoms with Crippen molar-refractivity contribution in [3.63, 3.8) is 0 Å². The van der Waals surface area contributed by atoms with Gasteiger partial charge in [-0.15, -0.1) is 0 Å². The maximum Gasteiger partial charge on any atom is 0.321 e. The Bertz CT molecular complexity index is 444. The van der Waals surface area contributed by atoms with E-state index in [0.717, 1.165) is 12.0 Å². The van der Waals surface area contributed by atoms with Crippen molar-refractivity contribution in [1.29, 1.82) is 0 Å². The zero-order valence-electron chi connectivity index (χ0n) is 9.63. The molecule has 1 aliphatic rings. The largest absolute Gasteiger partial charge is 0.480 e. The number of carboxylic acids is 1. The Morgan fingerprint density at radius 2 is 2.06 bits per heavy atom. The second-order valence-corrected chi connectivity index (χ2v) is 5.64. The van der Waals surface area contributed by atoms with Crippen LogP contribution in [0.3, 0.4) is 0 Å². The van der Waals surface area contributed by atoms with Gasteiger partial charge in [0.05, 0.1) is 4.90 Å². The Morgan fingerprint density at radius 3 is 2.65 bits per heavy atom. The highest BCUT2D eigenvalue weighted by atomic mass is 32.2. The highest BCUT2D eigenvalue weighted by Gasteiger charge is 2.34. The third-order valence-electron chi connectivity index (χ3n) is 2.92. The van der Waals surface area contributed by atoms with E-state index in [9.17, 15) is 9.00 Å². The van der Waals surface area contributed by atoms with Crippen molar-refractivity contribution >= 4 is 17.0 Å². The fourth-order valence-corrected chi connectivity index (χ4v) is 3.34. The van der Waals surface area contributed by atoms with Crippen LogP contribution in [0.4, 0.5) is 0 Å². The van der Waals surface area contributed by atoms with Crippen LogP contribution in [0.25, 0.3) is 0 Å². The summed E-state index contributed by atoms with van der Waals surface area (Å²) in [6.45, 7) is 2.54. The van der Waals surface area contributed by atoms with Gasteiger partial charge in [-0.1, -0.05) is 17.7 Å². The van der Waals surface area contributed by atoms with Crippen LogP contribution in [-0.2, 0) is 15.8 Å². The Morgan fingerprint density at radius 1 is 1.41 bits per heavy atom. The van der Waals surface area contributed by atoms with Crippen LogP contribution in [0.15, 0.2) is 29.2 Å². The van der Waals surface area contributed by atoms with Gasteiger partial charge in [-0.05, 0) is 31.9 Å². The summed E-state index contributed by atoms with van der Waals surface area (Å²) in [6.07, 6.45) is 1.36. The minimum atomic E-state index is -1.37. The van der Waals surface area contributed by atoms with Gasteiger partial charge in [0.25, 0.3) is 0 Å². The van der Waals surface area contributed by atoms with E-state index in [4.69, 9.17) is 5.11 Å². The number of nitrogens with zero attached hydrogens (tertiary/aromatic N) is 1. The zero-order chi connectivity index (χ0) is 12.4. The summed E-state index contributed by atoms with van der Waals surface area (Å²) >= 11 is 0. The lowest BCUT2D eigenvalue weighted by molar-refractivity contribution is -0.140. The maximum atomic E-state index is 12.2. The Kier molecular flexibility index (Phi) is 3.59. The highest BCUT2D eigenvalue weighted by molar-refractivity contribution is 7.82. The van der Waals surface area contributed by atoms with Gasteiger partial charge >= 0.3 is 5.97 Å². The van der Waals surface area contributed by atoms with Crippen LogP contribution in [0, 0.1) is 6.92 Å². The van der Waals surface area contributed by atoms with Gasteiger partial charge in [-0.3, -0.25) is 4.79 Å². The molecule has 0 amide bonds. The van der Waals surface area contributed by atoms with E-state index in [1.165, 1.54) is 0 Å². The molecule has 2 unspecified atom stereocenters. The third kappa shape index (κ3) is 2.56. The molecule has 1 fully saturated rings. The third-order valence-corrected chi connectivity index (χ3v) is 4.46. The summed E-state index contributed by atoms with van der Waals surface area (Å²) in [5.41, 5.74) is 1.10. The van der Waals surface area contributed by atoms with Gasteiger partial charge in [0.2, 0.25) is 0 Å². The Hall–Kier alpha value is -1.20. The zero-order valence-corrected chi connectivity index (χ0v) is 10.4. The number of benzene rings is 1. The van der Waals surface area contributed by atoms with Crippen LogP contribution in [0.1, 0.15) is 18.4 Å². The molecule has 2 atom stereocenters. The second-order valence-electron chi connectivity index (χ2n) is 4.20. The van der Waals surface area contributed by atoms with Crippen molar-refractivity contribution in [2.24, 2.45) is 0 Å². The molecule has 1 aromatic carbocycles. The summed E-state index contributed by atoms with van der Waals surface area (Å²) in [4.78, 5) is 11.7. The molecule has 1 N–H and O–H groups in total. The molecule has 0 spiro atoms. The van der Waals surface area contributed by atoms with E-state index in [2.05, 4.69) is 0 Å². The van der Waals surface area contributed by atoms with E-state index in [-0.39, 0.29) is 0 Å². The van der Waals surface area contributed by atoms with Crippen LogP contribution in [-0.4, -0.2) is 32.2 Å². The number of carboxylic acid groups (broad SMARTS) is 1. The number of aryl methyl sites for hydroxylation is 1. The molecule has 1 aromatic rings. The van der Waals surface area contributed by atoms with E-state index in [1.54, 1.807) is 16.4 Å². The monoisotopic (exact) mass is 253 g/mol. The topological polar surface area (TPSA) is 57.6 Å². The molecule has 92 valence electrons. The summed E-state index contributed by atoms with van der Waals surface area (Å²) < 4.78 is 13.8. The van der Waals surface area contributed by atoms with Crippen LogP contribution < -0.4 is 0 Å². The van der Waals surface area contributed by atoms with Crippen molar-refractivity contribution in [3.05, 3.63) is 29.8 Å². The average Bonchev–Trinajstić information content (AvgIpc) is 2.78. The van der Waals surface area contributed by atoms with E-state index >= 15 is 0 Å². The Labute approximate surface area is 103 Å². The molecule has 0 radical (unpaired) electrons. The highest BCUT2D eigenvalue weighted by Crippen LogP contribution is 2.23. The first-order valence-electron chi connectivity index (χ1n) is 5.57. The Balaban J connectivity index is 2.19. The molecular weight excluding hydrogens is 238 g/mol. The SMILES string of the molecule is Cc1ccc(S(=O)N2CCCC2C(=O)O)cc1. The van der Waals surface area contributed by atoms with E-state index in [0.29, 0.717) is 17.9 Å². The maximum absolute atomic E-state index is 12.2. The number of hydrogen-bond donors (Lipinski definition) is 1. The molecule has 2 rings (SSSR count). The first-order chi connectivity index (χ1) is 8.09. The lowest BCUT2D eigenvalue weighted by Crippen LogP contribution is -2.37. The number of rotatable bonds is 3. The lowest BCUT2D eigenvalue weighted by Gasteiger charge is -2.19. The van der Waals surface area contributed by atoms with Gasteiger partial charge in [0.1, 0.15) is 17.0 Å². The fraction of sp³-hybridized carbons (Fsp3) is 0.417. The van der Waals surface area contributed by atoms with Crippen LogP contribution in [0.2, 0.25) is 0 Å². The summed E-state index contributed by atoms with van der Waals surface area (Å²) in [7, 11) is -1.37. The van der Waals surface area contributed by atoms with Crippen LogP contribution >= 0.6 is 0 Å². The molecule has 1 aliphatic heterocycles. The smallest absolute Gasteiger partial charge is 0.321 e. The fourth-order valence-electron chi connectivity index (χ4n) is 1.98. The van der Waals surface area contributed by atoms with Crippen LogP contribution in [0.5, 0.6) is 0 Å². The molecule has 17 heavy (non-hydrogen) atoms. The van der Waals surface area contributed by atoms with E-state index < -0.39 is 23.0 Å². The standard InChI is InChI=1S/C12H15NO3S/c1-9-4-6-10(7-5-9)17(16)13-8-2-3-11(13)12(14)15/h4-7,11H,2-3,8H2,1H3,(H,14,15). The summed E-state index contributed by atoms with van der Waals surface area (Å²) in [6, 6.07) is 6.75. The molecule has 0 aliphatic carbocycles. The van der Waals surface area contributed by atoms with Crippen molar-refractivity contribution in [1.82, 2.24) is 4.31 Å². The van der Waals surface area contributed by atoms with Gasteiger partial charge in [-0.25, -0.2) is 8.51 Å². The lowest BCUT2D eigenvalue weighted by atomic mass is 10.2. The predicted octanol–water partition coefficient (Wildman–Crippen LogP) is 1.57. The number of carbonyl (C=O) groups is 1. The molecular formula is C12H15NO3S. The molecule has 1 heterocycles. The van der Waals surface area contributed by atoms with Gasteiger partial charge < -0.3 is 5.11 Å². The molecule has 1 saturated heterocycles. The predicted molar refractivity (Wildman–Crippen MR) is 65.0 cm³/mol. The van der Waals surface area contributed by atoms with Crippen molar-refractivity contribution in [3.8, 4) is 0 Å². The van der Waals surface area contributed by atoms with Gasteiger partial charge in [-0.2, -0.15) is 0 Å². The van der Waals surface area contributed by atoms with Gasteiger partial charge in [0, 0.05) is 6.54 Å². The molecule has 4 nitrogen and oxygen atoms in total.